The summed E-state index contributed by atoms with van der Waals surface area (Å²) in [5, 5.41) is 14.8. The van der Waals surface area contributed by atoms with Gasteiger partial charge in [-0.3, -0.25) is 14.3 Å². The highest BCUT2D eigenvalue weighted by molar-refractivity contribution is 6.76. The molecule has 4 rings (SSSR count). The van der Waals surface area contributed by atoms with Crippen molar-refractivity contribution in [2.75, 3.05) is 6.61 Å². The van der Waals surface area contributed by atoms with Crippen LogP contribution in [0.1, 0.15) is 19.4 Å². The largest absolute Gasteiger partial charge is 0.417 e. The van der Waals surface area contributed by atoms with Gasteiger partial charge >= 0.3 is 6.18 Å². The zero-order valence-corrected chi connectivity index (χ0v) is 23.5. The van der Waals surface area contributed by atoms with E-state index < -0.39 is 31.0 Å². The van der Waals surface area contributed by atoms with Gasteiger partial charge in [-0.2, -0.15) is 18.3 Å². The topological polar surface area (TPSA) is 108 Å². The van der Waals surface area contributed by atoms with Crippen LogP contribution in [0.3, 0.4) is 0 Å². The lowest BCUT2D eigenvalue weighted by molar-refractivity contribution is -0.137. The van der Waals surface area contributed by atoms with Crippen LogP contribution in [0.25, 0.3) is 33.5 Å². The van der Waals surface area contributed by atoms with Gasteiger partial charge in [0.25, 0.3) is 5.56 Å². The molecule has 0 amide bonds. The van der Waals surface area contributed by atoms with Gasteiger partial charge in [-0.05, 0) is 38.1 Å². The van der Waals surface area contributed by atoms with E-state index in [2.05, 4.69) is 39.7 Å². The van der Waals surface area contributed by atoms with Gasteiger partial charge in [0.2, 0.25) is 0 Å². The summed E-state index contributed by atoms with van der Waals surface area (Å²) >= 11 is 0. The average Bonchev–Trinajstić information content (AvgIpc) is 3.30. The average molecular weight is 561 g/mol. The molecule has 1 N–H and O–H groups in total. The van der Waals surface area contributed by atoms with Crippen molar-refractivity contribution in [1.29, 1.82) is 0 Å². The van der Waals surface area contributed by atoms with Crippen LogP contribution >= 0.6 is 0 Å². The molecule has 39 heavy (non-hydrogen) atoms. The fourth-order valence-electron chi connectivity index (χ4n) is 3.83. The molecule has 208 valence electrons. The SMILES string of the molecule is CC(C)(O)Cn1cnc2c(-c3cnn(COCC[Si](C)(C)C)c3)nc(-c3ccc(C(F)(F)F)cn3)cc2c1=O. The Morgan fingerprint density at radius 1 is 1.08 bits per heavy atom. The third-order valence-electron chi connectivity index (χ3n) is 5.85. The van der Waals surface area contributed by atoms with E-state index in [0.717, 1.165) is 18.3 Å². The van der Waals surface area contributed by atoms with Crippen LogP contribution in [-0.2, 0) is 24.2 Å². The van der Waals surface area contributed by atoms with Crippen molar-refractivity contribution in [2.24, 2.45) is 0 Å². The molecule has 4 aromatic heterocycles. The number of fused-ring (bicyclic) bond motifs is 1. The Bertz CT molecular complexity index is 1520. The van der Waals surface area contributed by atoms with E-state index in [-0.39, 0.29) is 30.0 Å². The van der Waals surface area contributed by atoms with E-state index >= 15 is 0 Å². The summed E-state index contributed by atoms with van der Waals surface area (Å²) in [6.07, 6.45) is 0.816. The van der Waals surface area contributed by atoms with E-state index in [1.165, 1.54) is 23.0 Å². The normalized spacial score (nSPS) is 12.8. The molecule has 0 aliphatic carbocycles. The minimum absolute atomic E-state index is 0.00696. The molecule has 0 saturated heterocycles. The minimum atomic E-state index is -4.53. The maximum absolute atomic E-state index is 13.4. The van der Waals surface area contributed by atoms with Crippen LogP contribution in [0.15, 0.2) is 47.9 Å². The lowest BCUT2D eigenvalue weighted by Crippen LogP contribution is -2.33. The van der Waals surface area contributed by atoms with Gasteiger partial charge in [-0.1, -0.05) is 19.6 Å². The molecule has 0 radical (unpaired) electrons. The number of hydrogen-bond donors (Lipinski definition) is 1. The molecule has 0 atom stereocenters. The van der Waals surface area contributed by atoms with E-state index in [0.29, 0.717) is 23.4 Å². The second-order valence-electron chi connectivity index (χ2n) is 11.3. The second-order valence-corrected chi connectivity index (χ2v) is 16.9. The zero-order valence-electron chi connectivity index (χ0n) is 22.5. The van der Waals surface area contributed by atoms with E-state index in [1.807, 2.05) is 0 Å². The van der Waals surface area contributed by atoms with Crippen molar-refractivity contribution < 1.29 is 23.0 Å². The van der Waals surface area contributed by atoms with Crippen LogP contribution in [0.2, 0.25) is 25.7 Å². The maximum Gasteiger partial charge on any atom is 0.417 e. The highest BCUT2D eigenvalue weighted by atomic mass is 28.3. The zero-order chi connectivity index (χ0) is 28.6. The Balaban J connectivity index is 1.77. The summed E-state index contributed by atoms with van der Waals surface area (Å²) < 4.78 is 47.9. The van der Waals surface area contributed by atoms with Crippen molar-refractivity contribution in [1.82, 2.24) is 29.3 Å². The van der Waals surface area contributed by atoms with Crippen molar-refractivity contribution in [3.8, 4) is 22.6 Å². The fourth-order valence-corrected chi connectivity index (χ4v) is 4.59. The van der Waals surface area contributed by atoms with Crippen molar-refractivity contribution >= 4 is 19.0 Å². The highest BCUT2D eigenvalue weighted by Crippen LogP contribution is 2.31. The number of hydrogen-bond acceptors (Lipinski definition) is 7. The molecule has 0 unspecified atom stereocenters. The standard InChI is InChI=1S/C26H31F3N6O3Si/c1-25(2,37)14-34-15-31-23-19(24(34)36)10-21(20-7-6-18(12-30-20)26(27,28)29)33-22(23)17-11-32-35(13-17)16-38-8-9-39(3,4)5/h6-7,10-13,15,37H,8-9,14,16H2,1-5H3. The first kappa shape index (κ1) is 28.6. The van der Waals surface area contributed by atoms with Crippen LogP contribution in [0.4, 0.5) is 13.2 Å². The van der Waals surface area contributed by atoms with E-state index in [9.17, 15) is 23.1 Å². The van der Waals surface area contributed by atoms with Gasteiger partial charge < -0.3 is 9.84 Å². The first-order valence-corrected chi connectivity index (χ1v) is 16.1. The molecule has 4 aromatic rings. The third kappa shape index (κ3) is 7.16. The summed E-state index contributed by atoms with van der Waals surface area (Å²) in [5.41, 5.74) is -0.973. The number of ether oxygens (including phenoxy) is 1. The summed E-state index contributed by atoms with van der Waals surface area (Å²) in [5.74, 6) is 0. The summed E-state index contributed by atoms with van der Waals surface area (Å²) in [7, 11) is -1.24. The number of pyridine rings is 2. The van der Waals surface area contributed by atoms with Gasteiger partial charge in [-0.25, -0.2) is 14.6 Å². The monoisotopic (exact) mass is 560 g/mol. The molecule has 4 heterocycles. The van der Waals surface area contributed by atoms with Gasteiger partial charge in [-0.15, -0.1) is 0 Å². The number of halogens is 3. The summed E-state index contributed by atoms with van der Waals surface area (Å²) in [4.78, 5) is 26.4. The predicted molar refractivity (Wildman–Crippen MR) is 144 cm³/mol. The Labute approximate surface area is 224 Å². The number of aromatic nitrogens is 6. The lowest BCUT2D eigenvalue weighted by Gasteiger charge is -2.18. The van der Waals surface area contributed by atoms with Crippen LogP contribution < -0.4 is 5.56 Å². The number of nitrogens with zero attached hydrogens (tertiary/aromatic N) is 6. The number of rotatable bonds is 9. The third-order valence-corrected chi connectivity index (χ3v) is 7.55. The molecule has 0 aromatic carbocycles. The molecular weight excluding hydrogens is 529 g/mol. The van der Waals surface area contributed by atoms with E-state index in [4.69, 9.17) is 4.74 Å². The first-order chi connectivity index (χ1) is 18.1. The van der Waals surface area contributed by atoms with Crippen LogP contribution in [0.5, 0.6) is 0 Å². The first-order valence-electron chi connectivity index (χ1n) is 12.4. The van der Waals surface area contributed by atoms with Crippen molar-refractivity contribution in [3.05, 3.63) is 59.0 Å². The molecule has 0 bridgehead atoms. The van der Waals surface area contributed by atoms with Gasteiger partial charge in [0.1, 0.15) is 17.9 Å². The van der Waals surface area contributed by atoms with Crippen molar-refractivity contribution in [2.45, 2.75) is 64.6 Å². The minimum Gasteiger partial charge on any atom is -0.389 e. The molecule has 0 aliphatic rings. The molecule has 9 nitrogen and oxygen atoms in total. The second kappa shape index (κ2) is 10.6. The van der Waals surface area contributed by atoms with Gasteiger partial charge in [0, 0.05) is 32.6 Å². The number of alkyl halides is 3. The smallest absolute Gasteiger partial charge is 0.389 e. The Hall–Kier alpha value is -3.42. The summed E-state index contributed by atoms with van der Waals surface area (Å²) in [6.45, 7) is 10.8. The molecular formula is C26H31F3N6O3Si. The van der Waals surface area contributed by atoms with Crippen LogP contribution in [0, 0.1) is 0 Å². The Kier molecular flexibility index (Phi) is 7.79. The van der Waals surface area contributed by atoms with E-state index in [1.54, 1.807) is 30.9 Å². The van der Waals surface area contributed by atoms with Gasteiger partial charge in [0.15, 0.2) is 0 Å². The molecule has 0 spiro atoms. The Morgan fingerprint density at radius 2 is 1.82 bits per heavy atom. The van der Waals surface area contributed by atoms with Crippen molar-refractivity contribution in [3.63, 3.8) is 0 Å². The quantitative estimate of drug-likeness (QED) is 0.231. The van der Waals surface area contributed by atoms with Gasteiger partial charge in [0.05, 0.1) is 47.0 Å². The molecule has 13 heteroatoms. The maximum atomic E-state index is 13.4. The molecule has 0 aliphatic heterocycles. The predicted octanol–water partition coefficient (Wildman–Crippen LogP) is 4.82. The highest BCUT2D eigenvalue weighted by Gasteiger charge is 2.31. The summed E-state index contributed by atoms with van der Waals surface area (Å²) in [6, 6.07) is 4.59. The number of aliphatic hydroxyl groups is 1. The molecule has 0 saturated carbocycles. The Morgan fingerprint density at radius 3 is 2.44 bits per heavy atom. The fraction of sp³-hybridized carbons (Fsp3) is 0.423. The lowest BCUT2D eigenvalue weighted by atomic mass is 10.1. The van der Waals surface area contributed by atoms with Crippen LogP contribution in [-0.4, -0.2) is 54.7 Å². The molecule has 0 fully saturated rings.